The molecule has 5 heteroatoms. The Balaban J connectivity index is 2.13. The second-order valence-electron chi connectivity index (χ2n) is 3.62. The molecule has 1 amide bonds. The van der Waals surface area contributed by atoms with Gasteiger partial charge < -0.3 is 14.7 Å². The molecule has 17 heavy (non-hydrogen) atoms. The minimum absolute atomic E-state index is 0.0888. The first-order chi connectivity index (χ1) is 8.18. The first-order valence-corrected chi connectivity index (χ1v) is 5.20. The van der Waals surface area contributed by atoms with Gasteiger partial charge in [-0.15, -0.1) is 0 Å². The summed E-state index contributed by atoms with van der Waals surface area (Å²) in [5.41, 5.74) is -0.317. The average Bonchev–Trinajstić information content (AvgIpc) is 2.82. The van der Waals surface area contributed by atoms with E-state index in [1.54, 1.807) is 25.1 Å². The standard InChI is InChI=1S/C12H12N2O3/c1-8(10-5-3-7-17-10)14-12(16)9-4-2-6-13-11(9)15/h2-8H,1H3,(H,13,15)(H,14,16). The number of amides is 1. The van der Waals surface area contributed by atoms with Crippen molar-refractivity contribution in [3.8, 4) is 0 Å². The van der Waals surface area contributed by atoms with Crippen LogP contribution in [0.3, 0.4) is 0 Å². The molecule has 2 aromatic rings. The van der Waals surface area contributed by atoms with E-state index in [1.807, 2.05) is 0 Å². The highest BCUT2D eigenvalue weighted by Crippen LogP contribution is 2.12. The van der Waals surface area contributed by atoms with E-state index in [9.17, 15) is 9.59 Å². The summed E-state index contributed by atoms with van der Waals surface area (Å²) in [5, 5.41) is 2.69. The predicted octanol–water partition coefficient (Wildman–Crippen LogP) is 1.46. The van der Waals surface area contributed by atoms with Crippen molar-refractivity contribution in [1.29, 1.82) is 0 Å². The van der Waals surface area contributed by atoms with E-state index in [0.29, 0.717) is 5.76 Å². The van der Waals surface area contributed by atoms with Crippen molar-refractivity contribution in [3.05, 3.63) is 58.4 Å². The predicted molar refractivity (Wildman–Crippen MR) is 61.7 cm³/mol. The molecule has 0 fully saturated rings. The van der Waals surface area contributed by atoms with Gasteiger partial charge in [-0.2, -0.15) is 0 Å². The zero-order valence-corrected chi connectivity index (χ0v) is 9.27. The molecule has 0 saturated carbocycles. The van der Waals surface area contributed by atoms with E-state index in [1.165, 1.54) is 18.5 Å². The van der Waals surface area contributed by atoms with Crippen LogP contribution in [-0.2, 0) is 0 Å². The number of aromatic nitrogens is 1. The molecule has 0 aliphatic carbocycles. The van der Waals surface area contributed by atoms with Crippen molar-refractivity contribution in [2.45, 2.75) is 13.0 Å². The molecule has 0 aromatic carbocycles. The van der Waals surface area contributed by atoms with Crippen LogP contribution < -0.4 is 10.9 Å². The van der Waals surface area contributed by atoms with Gasteiger partial charge in [-0.1, -0.05) is 0 Å². The number of H-pyrrole nitrogens is 1. The Morgan fingerprint density at radius 2 is 2.24 bits per heavy atom. The summed E-state index contributed by atoms with van der Waals surface area (Å²) in [4.78, 5) is 25.6. The molecule has 88 valence electrons. The monoisotopic (exact) mass is 232 g/mol. The number of nitrogens with one attached hydrogen (secondary N) is 2. The third kappa shape index (κ3) is 2.44. The Bertz CT molecular complexity index is 557. The minimum Gasteiger partial charge on any atom is -0.467 e. The Morgan fingerprint density at radius 1 is 1.41 bits per heavy atom. The zero-order valence-electron chi connectivity index (χ0n) is 9.27. The lowest BCUT2D eigenvalue weighted by atomic mass is 10.2. The molecule has 0 radical (unpaired) electrons. The summed E-state index contributed by atoms with van der Waals surface area (Å²) in [5.74, 6) is 0.224. The molecule has 1 atom stereocenters. The molecule has 2 N–H and O–H groups in total. The van der Waals surface area contributed by atoms with Crippen molar-refractivity contribution in [2.24, 2.45) is 0 Å². The maximum Gasteiger partial charge on any atom is 0.260 e. The summed E-state index contributed by atoms with van der Waals surface area (Å²) in [6, 6.07) is 6.31. The fourth-order valence-electron chi connectivity index (χ4n) is 1.48. The van der Waals surface area contributed by atoms with E-state index >= 15 is 0 Å². The maximum absolute atomic E-state index is 11.8. The van der Waals surface area contributed by atoms with E-state index in [4.69, 9.17) is 4.42 Å². The molecule has 0 aliphatic heterocycles. The molecule has 2 rings (SSSR count). The number of carbonyl (C=O) groups excluding carboxylic acids is 1. The van der Waals surface area contributed by atoms with Crippen LogP contribution in [0.15, 0.2) is 45.9 Å². The lowest BCUT2D eigenvalue weighted by Crippen LogP contribution is -2.31. The molecule has 0 bridgehead atoms. The van der Waals surface area contributed by atoms with E-state index in [0.717, 1.165) is 0 Å². The average molecular weight is 232 g/mol. The van der Waals surface area contributed by atoms with Crippen LogP contribution in [-0.4, -0.2) is 10.9 Å². The second kappa shape index (κ2) is 4.69. The molecular formula is C12H12N2O3. The van der Waals surface area contributed by atoms with Gasteiger partial charge in [0.25, 0.3) is 11.5 Å². The highest BCUT2D eigenvalue weighted by molar-refractivity contribution is 5.93. The summed E-state index contributed by atoms with van der Waals surface area (Å²) in [7, 11) is 0. The van der Waals surface area contributed by atoms with Crippen LogP contribution in [0.4, 0.5) is 0 Å². The number of hydrogen-bond donors (Lipinski definition) is 2. The number of rotatable bonds is 3. The molecule has 0 aliphatic rings. The number of pyridine rings is 1. The third-order valence-electron chi connectivity index (χ3n) is 2.38. The largest absolute Gasteiger partial charge is 0.467 e. The van der Waals surface area contributed by atoms with Crippen LogP contribution >= 0.6 is 0 Å². The molecule has 2 aromatic heterocycles. The van der Waals surface area contributed by atoms with Gasteiger partial charge in [0.05, 0.1) is 12.3 Å². The van der Waals surface area contributed by atoms with E-state index < -0.39 is 11.5 Å². The first kappa shape index (κ1) is 11.2. The van der Waals surface area contributed by atoms with Crippen molar-refractivity contribution >= 4 is 5.91 Å². The lowest BCUT2D eigenvalue weighted by molar-refractivity contribution is 0.0934. The Morgan fingerprint density at radius 3 is 2.88 bits per heavy atom. The van der Waals surface area contributed by atoms with Gasteiger partial charge in [0, 0.05) is 6.20 Å². The van der Waals surface area contributed by atoms with Gasteiger partial charge in [-0.05, 0) is 31.2 Å². The van der Waals surface area contributed by atoms with Crippen molar-refractivity contribution < 1.29 is 9.21 Å². The van der Waals surface area contributed by atoms with Crippen LogP contribution in [0.2, 0.25) is 0 Å². The summed E-state index contributed by atoms with van der Waals surface area (Å²) in [6.45, 7) is 1.79. The summed E-state index contributed by atoms with van der Waals surface area (Å²) >= 11 is 0. The Hall–Kier alpha value is -2.30. The maximum atomic E-state index is 11.8. The Labute approximate surface area is 97.5 Å². The van der Waals surface area contributed by atoms with E-state index in [-0.39, 0.29) is 11.6 Å². The molecule has 0 saturated heterocycles. The van der Waals surface area contributed by atoms with Gasteiger partial charge in [0.15, 0.2) is 0 Å². The SMILES string of the molecule is CC(NC(=O)c1ccc[nH]c1=O)c1ccco1. The van der Waals surface area contributed by atoms with Gasteiger partial charge >= 0.3 is 0 Å². The molecular weight excluding hydrogens is 220 g/mol. The molecule has 0 spiro atoms. The van der Waals surface area contributed by atoms with Crippen LogP contribution in [0.1, 0.15) is 29.1 Å². The quantitative estimate of drug-likeness (QED) is 0.841. The third-order valence-corrected chi connectivity index (χ3v) is 2.38. The smallest absolute Gasteiger partial charge is 0.260 e. The fraction of sp³-hybridized carbons (Fsp3) is 0.167. The highest BCUT2D eigenvalue weighted by atomic mass is 16.3. The topological polar surface area (TPSA) is 75.1 Å². The van der Waals surface area contributed by atoms with Crippen molar-refractivity contribution in [1.82, 2.24) is 10.3 Å². The number of hydrogen-bond acceptors (Lipinski definition) is 3. The first-order valence-electron chi connectivity index (χ1n) is 5.20. The number of furan rings is 1. The van der Waals surface area contributed by atoms with Gasteiger partial charge in [-0.3, -0.25) is 9.59 Å². The molecule has 2 heterocycles. The van der Waals surface area contributed by atoms with Crippen molar-refractivity contribution in [3.63, 3.8) is 0 Å². The molecule has 1 unspecified atom stereocenters. The minimum atomic E-state index is -0.421. The fourth-order valence-corrected chi connectivity index (χ4v) is 1.48. The van der Waals surface area contributed by atoms with Crippen LogP contribution in [0.25, 0.3) is 0 Å². The normalized spacial score (nSPS) is 12.1. The van der Waals surface area contributed by atoms with Crippen LogP contribution in [0.5, 0.6) is 0 Å². The summed E-state index contributed by atoms with van der Waals surface area (Å²) in [6.07, 6.45) is 3.02. The number of aromatic amines is 1. The van der Waals surface area contributed by atoms with Gasteiger partial charge in [0.2, 0.25) is 0 Å². The highest BCUT2D eigenvalue weighted by Gasteiger charge is 2.15. The number of carbonyl (C=O) groups is 1. The van der Waals surface area contributed by atoms with E-state index in [2.05, 4.69) is 10.3 Å². The van der Waals surface area contributed by atoms with Gasteiger partial charge in [-0.25, -0.2) is 0 Å². The lowest BCUT2D eigenvalue weighted by Gasteiger charge is -2.10. The Kier molecular flexibility index (Phi) is 3.09. The zero-order chi connectivity index (χ0) is 12.3. The second-order valence-corrected chi connectivity index (χ2v) is 3.62. The molecule has 5 nitrogen and oxygen atoms in total. The van der Waals surface area contributed by atoms with Crippen LogP contribution in [0, 0.1) is 0 Å². The summed E-state index contributed by atoms with van der Waals surface area (Å²) < 4.78 is 5.16. The van der Waals surface area contributed by atoms with Crippen molar-refractivity contribution in [2.75, 3.05) is 0 Å². The van der Waals surface area contributed by atoms with Gasteiger partial charge in [0.1, 0.15) is 11.3 Å².